The highest BCUT2D eigenvalue weighted by molar-refractivity contribution is 7.12. The Labute approximate surface area is 137 Å². The minimum atomic E-state index is 0.0600. The standard InChI is InChI=1S/C15H16N4O3S/c1-8-17-14(10-5-4-9(20-2)6-11(10)21-3)12(23-8)7-13-18-19-15(16)22-13/h4-6H,7H2,1-3H3,(H2,16,19). The lowest BCUT2D eigenvalue weighted by Gasteiger charge is -2.09. The highest BCUT2D eigenvalue weighted by Crippen LogP contribution is 2.37. The van der Waals surface area contributed by atoms with E-state index in [1.54, 1.807) is 25.6 Å². The van der Waals surface area contributed by atoms with Crippen LogP contribution >= 0.6 is 11.3 Å². The van der Waals surface area contributed by atoms with Crippen LogP contribution < -0.4 is 15.2 Å². The second kappa shape index (κ2) is 6.25. The van der Waals surface area contributed by atoms with Crippen molar-refractivity contribution in [1.82, 2.24) is 15.2 Å². The fourth-order valence-electron chi connectivity index (χ4n) is 2.27. The number of aromatic nitrogens is 3. The maximum absolute atomic E-state index is 5.48. The van der Waals surface area contributed by atoms with Crippen molar-refractivity contribution in [2.45, 2.75) is 13.3 Å². The molecule has 3 aromatic rings. The van der Waals surface area contributed by atoms with Gasteiger partial charge in [-0.1, -0.05) is 5.10 Å². The number of nitrogens with two attached hydrogens (primary N) is 1. The summed E-state index contributed by atoms with van der Waals surface area (Å²) in [5, 5.41) is 8.54. The molecule has 0 saturated carbocycles. The van der Waals surface area contributed by atoms with Gasteiger partial charge < -0.3 is 19.6 Å². The Morgan fingerprint density at radius 3 is 2.70 bits per heavy atom. The molecule has 2 heterocycles. The Kier molecular flexibility index (Phi) is 4.16. The van der Waals surface area contributed by atoms with Crippen molar-refractivity contribution in [2.24, 2.45) is 0 Å². The maximum Gasteiger partial charge on any atom is 0.312 e. The van der Waals surface area contributed by atoms with Gasteiger partial charge in [0.2, 0.25) is 5.89 Å². The number of nitrogen functional groups attached to an aromatic ring is 1. The predicted molar refractivity (Wildman–Crippen MR) is 86.9 cm³/mol. The first-order valence-corrected chi connectivity index (χ1v) is 7.69. The Morgan fingerprint density at radius 1 is 1.22 bits per heavy atom. The van der Waals surface area contributed by atoms with Gasteiger partial charge in [-0.25, -0.2) is 4.98 Å². The van der Waals surface area contributed by atoms with Crippen molar-refractivity contribution in [2.75, 3.05) is 20.0 Å². The normalized spacial score (nSPS) is 10.7. The monoisotopic (exact) mass is 332 g/mol. The molecule has 0 atom stereocenters. The lowest BCUT2D eigenvalue weighted by molar-refractivity contribution is 0.395. The SMILES string of the molecule is COc1ccc(-c2nc(C)sc2Cc2nnc(N)o2)c(OC)c1. The summed E-state index contributed by atoms with van der Waals surface area (Å²) in [6.45, 7) is 1.95. The van der Waals surface area contributed by atoms with Gasteiger partial charge in [0.1, 0.15) is 11.5 Å². The lowest BCUT2D eigenvalue weighted by Crippen LogP contribution is -1.94. The summed E-state index contributed by atoms with van der Waals surface area (Å²) in [7, 11) is 3.24. The number of rotatable bonds is 5. The van der Waals surface area contributed by atoms with Gasteiger partial charge in [0.05, 0.1) is 31.3 Å². The van der Waals surface area contributed by atoms with Crippen LogP contribution in [0.4, 0.5) is 6.01 Å². The molecule has 120 valence electrons. The fourth-order valence-corrected chi connectivity index (χ4v) is 3.21. The number of hydrogen-bond donors (Lipinski definition) is 1. The van der Waals surface area contributed by atoms with Gasteiger partial charge in [-0.05, 0) is 19.1 Å². The minimum absolute atomic E-state index is 0.0600. The Bertz CT molecular complexity index is 828. The van der Waals surface area contributed by atoms with Crippen LogP contribution in [0.1, 0.15) is 15.8 Å². The molecule has 0 radical (unpaired) electrons. The van der Waals surface area contributed by atoms with E-state index < -0.39 is 0 Å². The fraction of sp³-hybridized carbons (Fsp3) is 0.267. The van der Waals surface area contributed by atoms with Gasteiger partial charge in [0, 0.05) is 16.5 Å². The smallest absolute Gasteiger partial charge is 0.312 e. The summed E-state index contributed by atoms with van der Waals surface area (Å²) in [6, 6.07) is 5.70. The number of anilines is 1. The van der Waals surface area contributed by atoms with Crippen molar-refractivity contribution in [3.63, 3.8) is 0 Å². The number of aryl methyl sites for hydroxylation is 1. The summed E-state index contributed by atoms with van der Waals surface area (Å²) < 4.78 is 16.0. The first-order valence-electron chi connectivity index (χ1n) is 6.87. The maximum atomic E-state index is 5.48. The second-order valence-electron chi connectivity index (χ2n) is 4.78. The average Bonchev–Trinajstić information content (AvgIpc) is 3.12. The third-order valence-electron chi connectivity index (χ3n) is 3.26. The molecule has 0 fully saturated rings. The first kappa shape index (κ1) is 15.3. The molecule has 1 aromatic carbocycles. The van der Waals surface area contributed by atoms with Gasteiger partial charge in [-0.3, -0.25) is 0 Å². The molecule has 2 N–H and O–H groups in total. The van der Waals surface area contributed by atoms with Gasteiger partial charge in [-0.15, -0.1) is 16.4 Å². The molecule has 0 spiro atoms. The highest BCUT2D eigenvalue weighted by Gasteiger charge is 2.18. The molecule has 0 aliphatic heterocycles. The third-order valence-corrected chi connectivity index (χ3v) is 4.23. The zero-order valence-corrected chi connectivity index (χ0v) is 13.8. The van der Waals surface area contributed by atoms with E-state index >= 15 is 0 Å². The molecule has 2 aromatic heterocycles. The summed E-state index contributed by atoms with van der Waals surface area (Å²) in [6.07, 6.45) is 0.472. The largest absolute Gasteiger partial charge is 0.497 e. The molecular formula is C15H16N4O3S. The Hall–Kier alpha value is -2.61. The molecule has 0 unspecified atom stereocenters. The van der Waals surface area contributed by atoms with Gasteiger partial charge >= 0.3 is 6.01 Å². The average molecular weight is 332 g/mol. The van der Waals surface area contributed by atoms with E-state index in [0.29, 0.717) is 18.1 Å². The number of hydrogen-bond acceptors (Lipinski definition) is 8. The zero-order chi connectivity index (χ0) is 16.4. The molecule has 7 nitrogen and oxygen atoms in total. The van der Waals surface area contributed by atoms with Crippen LogP contribution in [0.5, 0.6) is 11.5 Å². The van der Waals surface area contributed by atoms with Crippen molar-refractivity contribution >= 4 is 17.4 Å². The van der Waals surface area contributed by atoms with Crippen LogP contribution in [0.3, 0.4) is 0 Å². The molecule has 0 amide bonds. The van der Waals surface area contributed by atoms with Crippen LogP contribution in [-0.2, 0) is 6.42 Å². The lowest BCUT2D eigenvalue weighted by atomic mass is 10.1. The van der Waals surface area contributed by atoms with E-state index in [0.717, 1.165) is 26.9 Å². The molecule has 23 heavy (non-hydrogen) atoms. The van der Waals surface area contributed by atoms with Crippen molar-refractivity contribution in [3.8, 4) is 22.8 Å². The number of benzene rings is 1. The molecule has 3 rings (SSSR count). The molecule has 8 heteroatoms. The topological polar surface area (TPSA) is 96.3 Å². The van der Waals surface area contributed by atoms with Crippen LogP contribution in [-0.4, -0.2) is 29.4 Å². The third kappa shape index (κ3) is 3.11. The van der Waals surface area contributed by atoms with E-state index in [2.05, 4.69) is 15.2 Å². The van der Waals surface area contributed by atoms with E-state index in [1.807, 2.05) is 25.1 Å². The molecule has 0 bridgehead atoms. The highest BCUT2D eigenvalue weighted by atomic mass is 32.1. The van der Waals surface area contributed by atoms with Crippen LogP contribution in [0, 0.1) is 6.92 Å². The van der Waals surface area contributed by atoms with Crippen LogP contribution in [0.2, 0.25) is 0 Å². The van der Waals surface area contributed by atoms with Crippen LogP contribution in [0.25, 0.3) is 11.3 Å². The minimum Gasteiger partial charge on any atom is -0.497 e. The Balaban J connectivity index is 2.03. The first-order chi connectivity index (χ1) is 11.1. The van der Waals surface area contributed by atoms with Crippen LogP contribution in [0.15, 0.2) is 22.6 Å². The summed E-state index contributed by atoms with van der Waals surface area (Å²) in [5.41, 5.74) is 7.20. The second-order valence-corrected chi connectivity index (χ2v) is 6.07. The summed E-state index contributed by atoms with van der Waals surface area (Å²) in [4.78, 5) is 5.63. The molecule has 0 aliphatic carbocycles. The van der Waals surface area contributed by atoms with Gasteiger partial charge in [-0.2, -0.15) is 0 Å². The zero-order valence-electron chi connectivity index (χ0n) is 13.0. The summed E-state index contributed by atoms with van der Waals surface area (Å²) >= 11 is 1.58. The molecule has 0 aliphatic rings. The van der Waals surface area contributed by atoms with Crippen molar-refractivity contribution in [1.29, 1.82) is 0 Å². The van der Waals surface area contributed by atoms with E-state index in [-0.39, 0.29) is 6.01 Å². The van der Waals surface area contributed by atoms with Crippen molar-refractivity contribution < 1.29 is 13.9 Å². The van der Waals surface area contributed by atoms with E-state index in [4.69, 9.17) is 19.6 Å². The van der Waals surface area contributed by atoms with E-state index in [1.165, 1.54) is 0 Å². The van der Waals surface area contributed by atoms with Gasteiger partial charge in [0.25, 0.3) is 0 Å². The van der Waals surface area contributed by atoms with Crippen molar-refractivity contribution in [3.05, 3.63) is 34.0 Å². The summed E-state index contributed by atoms with van der Waals surface area (Å²) in [5.74, 6) is 1.88. The van der Waals surface area contributed by atoms with E-state index in [9.17, 15) is 0 Å². The number of nitrogens with zero attached hydrogens (tertiary/aromatic N) is 3. The molecule has 0 saturated heterocycles. The van der Waals surface area contributed by atoms with Gasteiger partial charge in [0.15, 0.2) is 0 Å². The quantitative estimate of drug-likeness (QED) is 0.767. The predicted octanol–water partition coefficient (Wildman–Crippen LogP) is 2.69. The number of methoxy groups -OCH3 is 2. The number of ether oxygens (including phenoxy) is 2. The number of thiazole rings is 1. The Morgan fingerprint density at radius 2 is 2.04 bits per heavy atom. The molecular weight excluding hydrogens is 316 g/mol.